The predicted octanol–water partition coefficient (Wildman–Crippen LogP) is 5.92. The third-order valence-corrected chi connectivity index (χ3v) is 4.34. The molecule has 23 heavy (non-hydrogen) atoms. The van der Waals surface area contributed by atoms with Gasteiger partial charge < -0.3 is 5.11 Å². The average Bonchev–Trinajstić information content (AvgIpc) is 2.43. The van der Waals surface area contributed by atoms with Crippen LogP contribution in [0.3, 0.4) is 0 Å². The van der Waals surface area contributed by atoms with E-state index in [1.807, 2.05) is 25.2 Å². The first kappa shape index (κ1) is 19.4. The molecule has 0 radical (unpaired) electrons. The van der Waals surface area contributed by atoms with Gasteiger partial charge in [0.1, 0.15) is 0 Å². The largest absolute Gasteiger partial charge is 0.389 e. The number of hydrogen-bond donors (Lipinski definition) is 1. The van der Waals surface area contributed by atoms with Crippen molar-refractivity contribution in [2.75, 3.05) is 0 Å². The van der Waals surface area contributed by atoms with E-state index in [0.717, 1.165) is 6.42 Å². The minimum Gasteiger partial charge on any atom is -0.389 e. The molecule has 126 valence electrons. The van der Waals surface area contributed by atoms with Crippen LogP contribution in [0, 0.1) is 11.3 Å². The Morgan fingerprint density at radius 2 is 1.74 bits per heavy atom. The van der Waals surface area contributed by atoms with E-state index < -0.39 is 0 Å². The Morgan fingerprint density at radius 1 is 1.13 bits per heavy atom. The smallest absolute Gasteiger partial charge is 0.0729 e. The molecular weight excluding hydrogens is 280 g/mol. The fourth-order valence-electron chi connectivity index (χ4n) is 3.12. The van der Waals surface area contributed by atoms with Crippen molar-refractivity contribution in [3.8, 4) is 0 Å². The maximum absolute atomic E-state index is 9.91. The van der Waals surface area contributed by atoms with E-state index >= 15 is 0 Å². The van der Waals surface area contributed by atoms with Gasteiger partial charge in [0.05, 0.1) is 6.10 Å². The minimum absolute atomic E-state index is 0.0939. The Morgan fingerprint density at radius 3 is 2.35 bits per heavy atom. The molecule has 0 unspecified atom stereocenters. The fourth-order valence-corrected chi connectivity index (χ4v) is 3.12. The molecule has 0 saturated heterocycles. The molecule has 0 aromatic carbocycles. The van der Waals surface area contributed by atoms with E-state index in [1.165, 1.54) is 16.7 Å². The van der Waals surface area contributed by atoms with E-state index in [0.29, 0.717) is 5.92 Å². The molecule has 1 nitrogen and oxygen atoms in total. The monoisotopic (exact) mass is 312 g/mol. The van der Waals surface area contributed by atoms with Gasteiger partial charge in [0.15, 0.2) is 0 Å². The van der Waals surface area contributed by atoms with Gasteiger partial charge in [-0.25, -0.2) is 0 Å². The zero-order chi connectivity index (χ0) is 17.5. The van der Waals surface area contributed by atoms with Crippen molar-refractivity contribution in [3.05, 3.63) is 71.4 Å². The second-order valence-corrected chi connectivity index (χ2v) is 7.21. The number of aliphatic hydroxyl groups is 1. The van der Waals surface area contributed by atoms with Crippen LogP contribution in [0.2, 0.25) is 0 Å². The molecular formula is C22H32O. The molecule has 1 N–H and O–H groups in total. The van der Waals surface area contributed by atoms with Crippen molar-refractivity contribution >= 4 is 0 Å². The average molecular weight is 312 g/mol. The highest BCUT2D eigenvalue weighted by molar-refractivity contribution is 5.30. The van der Waals surface area contributed by atoms with Crippen molar-refractivity contribution in [1.29, 1.82) is 0 Å². The molecule has 0 fully saturated rings. The van der Waals surface area contributed by atoms with Gasteiger partial charge in [-0.3, -0.25) is 0 Å². The molecule has 0 amide bonds. The second kappa shape index (κ2) is 8.88. The first-order valence-electron chi connectivity index (χ1n) is 8.45. The van der Waals surface area contributed by atoms with Crippen molar-refractivity contribution in [1.82, 2.24) is 0 Å². The Bertz CT molecular complexity index is 565. The Balaban J connectivity index is 2.78. The fraction of sp³-hybridized carbons (Fsp3) is 0.455. The van der Waals surface area contributed by atoms with Crippen LogP contribution >= 0.6 is 0 Å². The molecule has 0 aromatic heterocycles. The molecule has 0 saturated carbocycles. The number of rotatable bonds is 5. The molecule has 2 atom stereocenters. The summed E-state index contributed by atoms with van der Waals surface area (Å²) in [4.78, 5) is 0. The van der Waals surface area contributed by atoms with Crippen LogP contribution in [-0.4, -0.2) is 11.2 Å². The van der Waals surface area contributed by atoms with Crippen LogP contribution in [0.25, 0.3) is 0 Å². The van der Waals surface area contributed by atoms with Crippen LogP contribution in [-0.2, 0) is 0 Å². The number of allylic oxidation sites excluding steroid dienone is 11. The Hall–Kier alpha value is -1.60. The molecule has 0 aromatic rings. The van der Waals surface area contributed by atoms with Gasteiger partial charge in [-0.05, 0) is 39.5 Å². The number of aliphatic hydroxyl groups excluding tert-OH is 1. The van der Waals surface area contributed by atoms with Gasteiger partial charge in [0.2, 0.25) is 0 Å². The van der Waals surface area contributed by atoms with Crippen LogP contribution in [0.4, 0.5) is 0 Å². The minimum atomic E-state index is -0.304. The lowest BCUT2D eigenvalue weighted by molar-refractivity contribution is 0.117. The quantitative estimate of drug-likeness (QED) is 0.493. The number of hydrogen-bond acceptors (Lipinski definition) is 1. The molecule has 1 rings (SSSR count). The van der Waals surface area contributed by atoms with Crippen molar-refractivity contribution in [2.24, 2.45) is 11.3 Å². The third kappa shape index (κ3) is 6.58. The third-order valence-electron chi connectivity index (χ3n) is 4.34. The summed E-state index contributed by atoms with van der Waals surface area (Å²) in [6.45, 7) is 12.8. The van der Waals surface area contributed by atoms with Crippen LogP contribution < -0.4 is 0 Å². The molecule has 0 spiro atoms. The van der Waals surface area contributed by atoms with Gasteiger partial charge in [0, 0.05) is 5.92 Å². The highest BCUT2D eigenvalue weighted by Gasteiger charge is 2.34. The lowest BCUT2D eigenvalue weighted by Crippen LogP contribution is -2.32. The van der Waals surface area contributed by atoms with E-state index in [9.17, 15) is 5.11 Å². The summed E-state index contributed by atoms with van der Waals surface area (Å²) in [7, 11) is 0. The zero-order valence-corrected chi connectivity index (χ0v) is 15.5. The maximum atomic E-state index is 9.91. The zero-order valence-electron chi connectivity index (χ0n) is 15.5. The predicted molar refractivity (Wildman–Crippen MR) is 102 cm³/mol. The highest BCUT2D eigenvalue weighted by atomic mass is 16.3. The standard InChI is InChI=1S/C22H32O/c1-7-8-10-17(2)11-9-12-18(3)13-14-21-19(4)15-20(23)16-22(21,5)6/h7-15,20-21,23H,16H2,1-6H3/b8-7+,11-9+,14-13+,17-10+,18-12+/t20-,21-/m1/s1. The first-order valence-corrected chi connectivity index (χ1v) is 8.45. The lowest BCUT2D eigenvalue weighted by Gasteiger charge is -2.38. The second-order valence-electron chi connectivity index (χ2n) is 7.21. The normalized spacial score (nSPS) is 26.5. The lowest BCUT2D eigenvalue weighted by atomic mass is 9.67. The van der Waals surface area contributed by atoms with E-state index in [1.54, 1.807) is 0 Å². The SMILES string of the molecule is C/C=C/C=C(C)/C=C/C=C(C)/C=C/[C@@H]1C(C)=C[C@@H](O)CC1(C)C. The van der Waals surface area contributed by atoms with Crippen LogP contribution in [0.15, 0.2) is 71.4 Å². The summed E-state index contributed by atoms with van der Waals surface area (Å²) >= 11 is 0. The van der Waals surface area contributed by atoms with Gasteiger partial charge in [0.25, 0.3) is 0 Å². The first-order chi connectivity index (χ1) is 10.8. The highest BCUT2D eigenvalue weighted by Crippen LogP contribution is 2.41. The summed E-state index contributed by atoms with van der Waals surface area (Å²) in [6.07, 6.45) is 19.5. The van der Waals surface area contributed by atoms with E-state index in [-0.39, 0.29) is 11.5 Å². The molecule has 0 aliphatic heterocycles. The maximum Gasteiger partial charge on any atom is 0.0729 e. The van der Waals surface area contributed by atoms with Crippen LogP contribution in [0.1, 0.15) is 48.0 Å². The summed E-state index contributed by atoms with van der Waals surface area (Å²) in [5.74, 6) is 0.384. The van der Waals surface area contributed by atoms with Gasteiger partial charge in [-0.2, -0.15) is 0 Å². The van der Waals surface area contributed by atoms with E-state index in [4.69, 9.17) is 0 Å². The Labute approximate surface area is 142 Å². The molecule has 1 heteroatoms. The summed E-state index contributed by atoms with van der Waals surface area (Å²) in [5.41, 5.74) is 3.82. The topological polar surface area (TPSA) is 20.2 Å². The molecule has 1 aliphatic carbocycles. The van der Waals surface area contributed by atoms with Crippen molar-refractivity contribution in [3.63, 3.8) is 0 Å². The molecule has 1 aliphatic rings. The van der Waals surface area contributed by atoms with Crippen molar-refractivity contribution < 1.29 is 5.11 Å². The Kier molecular flexibility index (Phi) is 7.51. The van der Waals surface area contributed by atoms with Gasteiger partial charge >= 0.3 is 0 Å². The summed E-state index contributed by atoms with van der Waals surface area (Å²) in [5, 5.41) is 9.91. The van der Waals surface area contributed by atoms with Crippen molar-refractivity contribution in [2.45, 2.75) is 54.1 Å². The molecule has 0 bridgehead atoms. The molecule has 0 heterocycles. The van der Waals surface area contributed by atoms with Gasteiger partial charge in [-0.15, -0.1) is 0 Å². The van der Waals surface area contributed by atoms with E-state index in [2.05, 4.69) is 71.1 Å². The van der Waals surface area contributed by atoms with Crippen LogP contribution in [0.5, 0.6) is 0 Å². The summed E-state index contributed by atoms with van der Waals surface area (Å²) in [6, 6.07) is 0. The van der Waals surface area contributed by atoms with Gasteiger partial charge in [-0.1, -0.05) is 85.3 Å². The summed E-state index contributed by atoms with van der Waals surface area (Å²) < 4.78 is 0.